The van der Waals surface area contributed by atoms with E-state index in [2.05, 4.69) is 64.7 Å². The molecular formula is C44H64N2O4. The van der Waals surface area contributed by atoms with Gasteiger partial charge in [0.1, 0.15) is 11.8 Å². The van der Waals surface area contributed by atoms with Crippen molar-refractivity contribution in [1.82, 2.24) is 10.2 Å². The zero-order valence-electron chi connectivity index (χ0n) is 31.9. The van der Waals surface area contributed by atoms with Crippen LogP contribution in [-0.2, 0) is 14.3 Å². The SMILES string of the molecule is C=C(O)c1ccc(C2=CC[C@]3(C)[C@H]4CC[C@@H]5[C@H]6CCC[C@]6(CNCCC(=O)N6CCC[C@H]6C(=O)OC)CC[C@@]5(C)[C@]4(C)CC[C@H]3C2(C)C)cc1. The largest absolute Gasteiger partial charge is 0.508 e. The average Bonchev–Trinajstić information content (AvgIpc) is 3.75. The number of nitrogens with one attached hydrogen (secondary N) is 1. The number of carbonyl (C=O) groups is 2. The summed E-state index contributed by atoms with van der Waals surface area (Å²) in [6, 6.07) is 7.99. The summed E-state index contributed by atoms with van der Waals surface area (Å²) >= 11 is 0. The summed E-state index contributed by atoms with van der Waals surface area (Å²) < 4.78 is 4.97. The molecule has 4 saturated carbocycles. The first-order valence-electron chi connectivity index (χ1n) is 20.0. The highest BCUT2D eigenvalue weighted by atomic mass is 16.5. The van der Waals surface area contributed by atoms with E-state index in [-0.39, 0.29) is 28.5 Å². The monoisotopic (exact) mass is 684 g/mol. The molecule has 1 aromatic carbocycles. The van der Waals surface area contributed by atoms with Crippen LogP contribution in [0.2, 0.25) is 0 Å². The van der Waals surface area contributed by atoms with Crippen molar-refractivity contribution in [2.24, 2.45) is 50.7 Å². The van der Waals surface area contributed by atoms with E-state index in [4.69, 9.17) is 4.74 Å². The molecule has 0 spiro atoms. The molecule has 1 saturated heterocycles. The lowest BCUT2D eigenvalue weighted by molar-refractivity contribution is -0.222. The van der Waals surface area contributed by atoms with Crippen molar-refractivity contribution >= 4 is 23.2 Å². The van der Waals surface area contributed by atoms with Crippen LogP contribution in [0.15, 0.2) is 36.9 Å². The lowest BCUT2D eigenvalue weighted by Gasteiger charge is -2.72. The van der Waals surface area contributed by atoms with Gasteiger partial charge in [-0.25, -0.2) is 4.79 Å². The molecule has 0 unspecified atom stereocenters. The summed E-state index contributed by atoms with van der Waals surface area (Å²) in [6.45, 7) is 19.2. The third-order valence-corrected chi connectivity index (χ3v) is 16.7. The number of ether oxygens (including phenoxy) is 1. The molecule has 5 aliphatic carbocycles. The number of benzene rings is 1. The molecule has 5 fully saturated rings. The average molecular weight is 685 g/mol. The van der Waals surface area contributed by atoms with Crippen LogP contribution in [0.5, 0.6) is 0 Å². The van der Waals surface area contributed by atoms with Crippen molar-refractivity contribution in [2.45, 2.75) is 124 Å². The summed E-state index contributed by atoms with van der Waals surface area (Å²) in [5.41, 5.74) is 4.97. The Kier molecular flexibility index (Phi) is 9.17. The maximum atomic E-state index is 13.1. The summed E-state index contributed by atoms with van der Waals surface area (Å²) in [5.74, 6) is 2.84. The number of hydrogen-bond acceptors (Lipinski definition) is 5. The van der Waals surface area contributed by atoms with Gasteiger partial charge in [0, 0.05) is 31.6 Å². The van der Waals surface area contributed by atoms with Crippen molar-refractivity contribution in [3.05, 3.63) is 48.0 Å². The van der Waals surface area contributed by atoms with E-state index < -0.39 is 6.04 Å². The van der Waals surface area contributed by atoms with Gasteiger partial charge in [0.2, 0.25) is 5.91 Å². The Hall–Kier alpha value is -2.60. The van der Waals surface area contributed by atoms with Gasteiger partial charge in [-0.1, -0.05) is 78.0 Å². The molecule has 6 heteroatoms. The van der Waals surface area contributed by atoms with Gasteiger partial charge in [-0.05, 0) is 133 Å². The molecule has 1 aliphatic heterocycles. The Labute approximate surface area is 301 Å². The fourth-order valence-corrected chi connectivity index (χ4v) is 14.1. The van der Waals surface area contributed by atoms with Crippen LogP contribution in [0.3, 0.4) is 0 Å². The molecule has 1 heterocycles. The molecule has 6 nitrogen and oxygen atoms in total. The van der Waals surface area contributed by atoms with Gasteiger partial charge >= 0.3 is 5.97 Å². The number of rotatable bonds is 8. The first-order valence-corrected chi connectivity index (χ1v) is 20.0. The highest BCUT2D eigenvalue weighted by molar-refractivity contribution is 5.85. The first kappa shape index (κ1) is 35.8. The van der Waals surface area contributed by atoms with E-state index in [1.807, 2.05) is 12.1 Å². The number of carbonyl (C=O) groups excluding carboxylic acids is 2. The molecule has 0 bridgehead atoms. The minimum Gasteiger partial charge on any atom is -0.508 e. The number of esters is 1. The van der Waals surface area contributed by atoms with Crippen LogP contribution in [0.4, 0.5) is 0 Å². The van der Waals surface area contributed by atoms with E-state index >= 15 is 0 Å². The van der Waals surface area contributed by atoms with Crippen LogP contribution in [0.1, 0.15) is 129 Å². The maximum absolute atomic E-state index is 13.1. The Balaban J connectivity index is 1.05. The number of fused-ring (bicyclic) bond motifs is 7. The Bertz CT molecular complexity index is 1530. The quantitative estimate of drug-likeness (QED) is 0.162. The molecule has 9 atom stereocenters. The van der Waals surface area contributed by atoms with E-state index in [1.54, 1.807) is 4.90 Å². The van der Waals surface area contributed by atoms with Crippen LogP contribution in [0.25, 0.3) is 11.3 Å². The number of aliphatic hydroxyl groups is 1. The van der Waals surface area contributed by atoms with Crippen LogP contribution >= 0.6 is 0 Å². The van der Waals surface area contributed by atoms with Gasteiger partial charge in [0.15, 0.2) is 0 Å². The number of allylic oxidation sites excluding steroid dienone is 2. The summed E-state index contributed by atoms with van der Waals surface area (Å²) in [7, 11) is 1.42. The predicted octanol–water partition coefficient (Wildman–Crippen LogP) is 9.21. The second kappa shape index (κ2) is 12.8. The van der Waals surface area contributed by atoms with Gasteiger partial charge in [-0.2, -0.15) is 0 Å². The predicted molar refractivity (Wildman–Crippen MR) is 201 cm³/mol. The minimum absolute atomic E-state index is 0.0798. The van der Waals surface area contributed by atoms with Crippen molar-refractivity contribution < 1.29 is 19.4 Å². The van der Waals surface area contributed by atoms with Gasteiger partial charge in [-0.3, -0.25) is 4.79 Å². The lowest BCUT2D eigenvalue weighted by Crippen LogP contribution is -2.65. The zero-order chi connectivity index (χ0) is 35.7. The molecular weight excluding hydrogens is 620 g/mol. The van der Waals surface area contributed by atoms with E-state index in [0.717, 1.165) is 42.7 Å². The van der Waals surface area contributed by atoms with Crippen LogP contribution in [0, 0.1) is 50.7 Å². The molecule has 274 valence electrons. The number of nitrogens with zero attached hydrogens (tertiary/aromatic N) is 1. The molecule has 0 radical (unpaired) electrons. The Morgan fingerprint density at radius 3 is 2.38 bits per heavy atom. The van der Waals surface area contributed by atoms with Crippen LogP contribution in [-0.4, -0.2) is 54.7 Å². The smallest absolute Gasteiger partial charge is 0.328 e. The molecule has 1 aromatic rings. The van der Waals surface area contributed by atoms with Crippen molar-refractivity contribution in [2.75, 3.05) is 26.7 Å². The second-order valence-electron chi connectivity index (χ2n) is 18.8. The van der Waals surface area contributed by atoms with Crippen molar-refractivity contribution in [1.29, 1.82) is 0 Å². The summed E-state index contributed by atoms with van der Waals surface area (Å²) in [6.07, 6.45) is 17.7. The molecule has 2 N–H and O–H groups in total. The molecule has 50 heavy (non-hydrogen) atoms. The molecule has 7 rings (SSSR count). The maximum Gasteiger partial charge on any atom is 0.328 e. The molecule has 6 aliphatic rings. The first-order chi connectivity index (χ1) is 23.7. The third-order valence-electron chi connectivity index (χ3n) is 16.7. The molecule has 1 amide bonds. The third kappa shape index (κ3) is 5.35. The number of likely N-dealkylation sites (tertiary alicyclic amines) is 1. The Morgan fingerprint density at radius 2 is 1.66 bits per heavy atom. The topological polar surface area (TPSA) is 78.9 Å². The van der Waals surface area contributed by atoms with E-state index in [1.165, 1.54) is 76.0 Å². The standard InChI is InChI=1S/C44H64N2O4/c1-29(47)30-12-14-31(15-13-30)32-18-22-41(4)36(40(32,2)3)19-23-43(6)37(41)17-16-33-34-10-8-21-44(34,25-24-42(33,43)5)28-45-26-20-38(48)46-27-9-11-35(46)39(49)50-7/h12-15,18,33-37,45,47H,1,8-11,16-17,19-28H2,2-7H3/t33-,34-,35+,36+,37-,41+,42-,43-,44-/m1/s1. The van der Waals surface area contributed by atoms with Gasteiger partial charge in [0.25, 0.3) is 0 Å². The second-order valence-corrected chi connectivity index (χ2v) is 18.8. The molecule has 0 aromatic heterocycles. The lowest BCUT2D eigenvalue weighted by atomic mass is 9.32. The number of amides is 1. The highest BCUT2D eigenvalue weighted by Gasteiger charge is 2.69. The van der Waals surface area contributed by atoms with Crippen molar-refractivity contribution in [3.63, 3.8) is 0 Å². The fourth-order valence-electron chi connectivity index (χ4n) is 14.1. The number of hydrogen-bond donors (Lipinski definition) is 2. The summed E-state index contributed by atoms with van der Waals surface area (Å²) in [5, 5.41) is 13.7. The number of aliphatic hydroxyl groups excluding tert-OH is 1. The van der Waals surface area contributed by atoms with Gasteiger partial charge in [-0.15, -0.1) is 0 Å². The Morgan fingerprint density at radius 1 is 0.900 bits per heavy atom. The van der Waals surface area contributed by atoms with Gasteiger partial charge in [0.05, 0.1) is 7.11 Å². The highest BCUT2D eigenvalue weighted by Crippen LogP contribution is 2.77. The zero-order valence-corrected chi connectivity index (χ0v) is 31.9. The van der Waals surface area contributed by atoms with Crippen LogP contribution < -0.4 is 5.32 Å². The summed E-state index contributed by atoms with van der Waals surface area (Å²) in [4.78, 5) is 27.1. The van der Waals surface area contributed by atoms with E-state index in [0.29, 0.717) is 48.1 Å². The normalized spacial score (nSPS) is 40.2. The number of methoxy groups -OCH3 is 1. The van der Waals surface area contributed by atoms with E-state index in [9.17, 15) is 14.7 Å². The van der Waals surface area contributed by atoms with Gasteiger partial charge < -0.3 is 20.1 Å². The minimum atomic E-state index is -0.404. The fraction of sp³-hybridized carbons (Fsp3) is 0.727. The van der Waals surface area contributed by atoms with Crippen molar-refractivity contribution in [3.8, 4) is 0 Å².